The Hall–Kier alpha value is -2.18. The molecule has 0 bridgehead atoms. The van der Waals surface area contributed by atoms with Gasteiger partial charge in [-0.05, 0) is 37.6 Å². The molecule has 126 valence electrons. The summed E-state index contributed by atoms with van der Waals surface area (Å²) in [6.45, 7) is 3.33. The van der Waals surface area contributed by atoms with E-state index in [1.807, 2.05) is 0 Å². The highest BCUT2D eigenvalue weighted by molar-refractivity contribution is 5.27. The van der Waals surface area contributed by atoms with E-state index in [1.54, 1.807) is 26.0 Å². The molecule has 0 aliphatic heterocycles. The Morgan fingerprint density at radius 1 is 0.739 bits per heavy atom. The van der Waals surface area contributed by atoms with Gasteiger partial charge in [-0.25, -0.2) is 0 Å². The normalized spacial score (nSPS) is 11.5. The van der Waals surface area contributed by atoms with Crippen LogP contribution in [0, 0.1) is 13.8 Å². The molecular weight excluding hydrogens is 322 g/mol. The lowest BCUT2D eigenvalue weighted by atomic mass is 10.1. The fourth-order valence-corrected chi connectivity index (χ4v) is 1.63. The summed E-state index contributed by atoms with van der Waals surface area (Å²) in [5.41, 5.74) is 0.772. The zero-order valence-electron chi connectivity index (χ0n) is 12.3. The molecule has 2 aromatic carbocycles. The average molecular weight is 336 g/mol. The number of hydrogen-bond acceptors (Lipinski definition) is 1. The molecule has 0 aliphatic rings. The van der Waals surface area contributed by atoms with Crippen molar-refractivity contribution >= 4 is 0 Å². The largest absolute Gasteiger partial charge is 0.573 e. The van der Waals surface area contributed by atoms with Crippen LogP contribution in [0.2, 0.25) is 0 Å². The zero-order chi connectivity index (χ0) is 17.7. The van der Waals surface area contributed by atoms with E-state index >= 15 is 0 Å². The molecule has 0 fully saturated rings. The lowest BCUT2D eigenvalue weighted by Crippen LogP contribution is -2.17. The summed E-state index contributed by atoms with van der Waals surface area (Å²) < 4.78 is 74.5. The minimum Gasteiger partial charge on any atom is -0.406 e. The minimum absolute atomic E-state index is 0.178. The van der Waals surface area contributed by atoms with Crippen LogP contribution in [0.15, 0.2) is 48.5 Å². The predicted octanol–water partition coefficient (Wildman–Crippen LogP) is 5.91. The molecule has 2 rings (SSSR count). The van der Waals surface area contributed by atoms with Crippen LogP contribution >= 0.6 is 0 Å². The molecule has 0 radical (unpaired) electrons. The third-order valence-electron chi connectivity index (χ3n) is 2.57. The van der Waals surface area contributed by atoms with Crippen LogP contribution in [0.5, 0.6) is 5.75 Å². The van der Waals surface area contributed by atoms with Gasteiger partial charge in [-0.2, -0.15) is 13.2 Å². The van der Waals surface area contributed by atoms with E-state index in [2.05, 4.69) is 4.74 Å². The molecule has 0 heterocycles. The van der Waals surface area contributed by atoms with Gasteiger partial charge in [-0.1, -0.05) is 35.9 Å². The molecular formula is C16H14F6O. The molecule has 0 atom stereocenters. The van der Waals surface area contributed by atoms with Gasteiger partial charge in [-0.3, -0.25) is 0 Å². The van der Waals surface area contributed by atoms with Crippen LogP contribution in [0.1, 0.15) is 16.7 Å². The molecule has 1 nitrogen and oxygen atoms in total. The van der Waals surface area contributed by atoms with E-state index in [9.17, 15) is 26.3 Å². The van der Waals surface area contributed by atoms with Crippen molar-refractivity contribution in [1.82, 2.24) is 0 Å². The van der Waals surface area contributed by atoms with Crippen molar-refractivity contribution in [3.05, 3.63) is 65.2 Å². The van der Waals surface area contributed by atoms with Gasteiger partial charge >= 0.3 is 12.5 Å². The molecule has 0 saturated carbocycles. The van der Waals surface area contributed by atoms with E-state index in [0.29, 0.717) is 5.56 Å². The lowest BCUT2D eigenvalue weighted by molar-refractivity contribution is -0.274. The monoisotopic (exact) mass is 336 g/mol. The van der Waals surface area contributed by atoms with Gasteiger partial charge in [0, 0.05) is 0 Å². The first-order valence-corrected chi connectivity index (χ1v) is 6.43. The molecule has 2 aromatic rings. The van der Waals surface area contributed by atoms with Crippen molar-refractivity contribution in [2.24, 2.45) is 0 Å². The lowest BCUT2D eigenvalue weighted by Gasteiger charge is -2.08. The van der Waals surface area contributed by atoms with Crippen molar-refractivity contribution in [3.63, 3.8) is 0 Å². The van der Waals surface area contributed by atoms with Gasteiger partial charge in [0.05, 0.1) is 5.56 Å². The van der Waals surface area contributed by atoms with Crippen LogP contribution in [0.3, 0.4) is 0 Å². The molecule has 23 heavy (non-hydrogen) atoms. The second-order valence-electron chi connectivity index (χ2n) is 4.73. The van der Waals surface area contributed by atoms with Crippen LogP contribution in [0.4, 0.5) is 26.3 Å². The van der Waals surface area contributed by atoms with Crippen molar-refractivity contribution in [2.45, 2.75) is 26.4 Å². The van der Waals surface area contributed by atoms with Crippen molar-refractivity contribution in [3.8, 4) is 5.75 Å². The van der Waals surface area contributed by atoms with Crippen LogP contribution < -0.4 is 4.74 Å². The summed E-state index contributed by atoms with van der Waals surface area (Å²) >= 11 is 0. The van der Waals surface area contributed by atoms with Gasteiger partial charge in [0.15, 0.2) is 0 Å². The topological polar surface area (TPSA) is 9.23 Å². The first-order valence-electron chi connectivity index (χ1n) is 6.43. The Balaban J connectivity index is 0.000000231. The van der Waals surface area contributed by atoms with Crippen LogP contribution in [0.25, 0.3) is 0 Å². The molecule has 0 unspecified atom stereocenters. The third-order valence-corrected chi connectivity index (χ3v) is 2.57. The molecule has 0 amide bonds. The minimum atomic E-state index is -4.60. The van der Waals surface area contributed by atoms with Crippen molar-refractivity contribution in [2.75, 3.05) is 0 Å². The van der Waals surface area contributed by atoms with Gasteiger partial charge in [0.2, 0.25) is 0 Å². The first kappa shape index (κ1) is 18.9. The van der Waals surface area contributed by atoms with E-state index in [0.717, 1.165) is 17.7 Å². The van der Waals surface area contributed by atoms with Crippen LogP contribution in [-0.2, 0) is 6.18 Å². The van der Waals surface area contributed by atoms with Gasteiger partial charge in [-0.15, -0.1) is 13.2 Å². The molecule has 0 aromatic heterocycles. The Kier molecular flexibility index (Phi) is 6.06. The summed E-state index contributed by atoms with van der Waals surface area (Å²) in [6.07, 6.45) is -8.82. The highest BCUT2D eigenvalue weighted by atomic mass is 19.4. The Morgan fingerprint density at radius 2 is 1.26 bits per heavy atom. The fourth-order valence-electron chi connectivity index (χ4n) is 1.63. The number of aryl methyl sites for hydroxylation is 2. The van der Waals surface area contributed by atoms with Crippen molar-refractivity contribution in [1.29, 1.82) is 0 Å². The van der Waals surface area contributed by atoms with Gasteiger partial charge in [0.25, 0.3) is 0 Å². The molecule has 0 N–H and O–H groups in total. The highest BCUT2D eigenvalue weighted by Gasteiger charge is 2.31. The number of ether oxygens (including phenoxy) is 1. The molecule has 0 spiro atoms. The SMILES string of the molecule is Cc1cccc(C(F)(F)F)c1.Cc1cccc(OC(F)(F)F)c1. The summed E-state index contributed by atoms with van der Waals surface area (Å²) in [5, 5.41) is 0. The van der Waals surface area contributed by atoms with E-state index in [4.69, 9.17) is 0 Å². The maximum absolute atomic E-state index is 12.0. The Bertz CT molecular complexity index is 631. The van der Waals surface area contributed by atoms with Gasteiger partial charge in [0.1, 0.15) is 5.75 Å². The molecule has 0 aliphatic carbocycles. The highest BCUT2D eigenvalue weighted by Crippen LogP contribution is 2.29. The standard InChI is InChI=1S/C8H7F3O.C8H7F3/c1-6-3-2-4-7(5-6)12-8(9,10)11;1-6-3-2-4-7(5-6)8(9,10)11/h2-5H,1H3;2-5H,1H3. The van der Waals surface area contributed by atoms with E-state index in [-0.39, 0.29) is 5.75 Å². The summed E-state index contributed by atoms with van der Waals surface area (Å²) in [6, 6.07) is 11.0. The van der Waals surface area contributed by atoms with Crippen LogP contribution in [-0.4, -0.2) is 6.36 Å². The number of hydrogen-bond donors (Lipinski definition) is 0. The maximum Gasteiger partial charge on any atom is 0.573 e. The summed E-state index contributed by atoms with van der Waals surface area (Å²) in [7, 11) is 0. The smallest absolute Gasteiger partial charge is 0.406 e. The second kappa shape index (κ2) is 7.39. The Morgan fingerprint density at radius 3 is 1.65 bits per heavy atom. The summed E-state index contributed by atoms with van der Waals surface area (Å²) in [4.78, 5) is 0. The average Bonchev–Trinajstić information content (AvgIpc) is 2.36. The molecule has 0 saturated heterocycles. The summed E-state index contributed by atoms with van der Waals surface area (Å²) in [5.74, 6) is -0.178. The van der Waals surface area contributed by atoms with Gasteiger partial charge < -0.3 is 4.74 Å². The van der Waals surface area contributed by atoms with E-state index < -0.39 is 18.1 Å². The third kappa shape index (κ3) is 7.58. The fraction of sp³-hybridized carbons (Fsp3) is 0.250. The maximum atomic E-state index is 12.0. The first-order chi connectivity index (χ1) is 10.5. The number of halogens is 6. The number of alkyl halides is 6. The Labute approximate surface area is 129 Å². The van der Waals surface area contributed by atoms with E-state index in [1.165, 1.54) is 24.3 Å². The quantitative estimate of drug-likeness (QED) is 0.589. The molecule has 7 heteroatoms. The zero-order valence-corrected chi connectivity index (χ0v) is 12.3. The number of rotatable bonds is 1. The predicted molar refractivity (Wildman–Crippen MR) is 74.0 cm³/mol. The van der Waals surface area contributed by atoms with Crippen molar-refractivity contribution < 1.29 is 31.1 Å². The second-order valence-corrected chi connectivity index (χ2v) is 4.73. The number of benzene rings is 2.